The van der Waals surface area contributed by atoms with Gasteiger partial charge in [0.1, 0.15) is 5.60 Å². The molecule has 0 radical (unpaired) electrons. The van der Waals surface area contributed by atoms with Crippen LogP contribution in [0.15, 0.2) is 10.9 Å². The van der Waals surface area contributed by atoms with Crippen molar-refractivity contribution in [2.45, 2.75) is 91.9 Å². The molecule has 1 aromatic heterocycles. The van der Waals surface area contributed by atoms with Crippen LogP contribution >= 0.6 is 0 Å². The first kappa shape index (κ1) is 26.6. The maximum atomic E-state index is 12.5. The molecule has 0 bridgehead atoms. The highest BCUT2D eigenvalue weighted by Gasteiger charge is 2.42. The molecule has 1 aliphatic carbocycles. The van der Waals surface area contributed by atoms with E-state index in [1.54, 1.807) is 27.7 Å². The average Bonchev–Trinajstić information content (AvgIpc) is 2.55. The summed E-state index contributed by atoms with van der Waals surface area (Å²) in [4.78, 5) is 43.1. The summed E-state index contributed by atoms with van der Waals surface area (Å²) in [6.45, 7) is 13.7. The van der Waals surface area contributed by atoms with Crippen LogP contribution < -0.4 is 21.5 Å². The number of nitrogens with one attached hydrogen (secondary N) is 4. The molecule has 1 saturated carbocycles. The molecule has 1 aromatic rings. The van der Waals surface area contributed by atoms with Crippen LogP contribution in [0.2, 0.25) is 0 Å². The van der Waals surface area contributed by atoms with Gasteiger partial charge < -0.3 is 25.5 Å². The van der Waals surface area contributed by atoms with Crippen molar-refractivity contribution in [1.82, 2.24) is 20.6 Å². The van der Waals surface area contributed by atoms with Crippen molar-refractivity contribution in [3.63, 3.8) is 0 Å². The lowest BCUT2D eigenvalue weighted by Crippen LogP contribution is -2.51. The molecule has 0 spiro atoms. The van der Waals surface area contributed by atoms with Crippen LogP contribution in [0.3, 0.4) is 0 Å². The van der Waals surface area contributed by atoms with Crippen LogP contribution in [0.1, 0.15) is 72.9 Å². The van der Waals surface area contributed by atoms with Crippen molar-refractivity contribution < 1.29 is 19.4 Å². The highest BCUT2D eigenvalue weighted by molar-refractivity contribution is 5.87. The molecular formula is C23H39N5O5. The second-order valence-electron chi connectivity index (χ2n) is 11.2. The van der Waals surface area contributed by atoms with E-state index in [9.17, 15) is 19.5 Å². The number of ether oxygens (including phenoxy) is 1. The van der Waals surface area contributed by atoms with Gasteiger partial charge in [-0.2, -0.15) is 4.98 Å². The Morgan fingerprint density at radius 3 is 2.61 bits per heavy atom. The van der Waals surface area contributed by atoms with Gasteiger partial charge in [-0.05, 0) is 57.8 Å². The fourth-order valence-electron chi connectivity index (χ4n) is 5.16. The molecule has 0 saturated heterocycles. The van der Waals surface area contributed by atoms with Crippen molar-refractivity contribution in [2.24, 2.45) is 10.8 Å². The summed E-state index contributed by atoms with van der Waals surface area (Å²) < 4.78 is 5.49. The van der Waals surface area contributed by atoms with Crippen molar-refractivity contribution in [3.05, 3.63) is 22.1 Å². The molecule has 10 heteroatoms. The topological polar surface area (TPSA) is 145 Å². The minimum Gasteiger partial charge on any atom is -0.443 e. The standard InChI is InChI=1S/C23H39N5O5/c1-14-8-17(30)27-18(25-14)28-19(31)26-16-10-21(3,4)12-23(7,11-16)13-24-20(32)33-22(5,6)9-15(2)29/h8,15-16,29H,9-13H2,1-7H3,(H,24,32)(H3,25,26,27,28,30,31). The first-order chi connectivity index (χ1) is 15.1. The zero-order valence-electron chi connectivity index (χ0n) is 20.8. The number of hydrogen-bond acceptors (Lipinski definition) is 6. The Hall–Kier alpha value is -2.62. The Balaban J connectivity index is 1.97. The first-order valence-electron chi connectivity index (χ1n) is 11.4. The fourth-order valence-corrected chi connectivity index (χ4v) is 5.16. The summed E-state index contributed by atoms with van der Waals surface area (Å²) in [5, 5.41) is 18.0. The second kappa shape index (κ2) is 10.1. The molecule has 10 nitrogen and oxygen atoms in total. The van der Waals surface area contributed by atoms with E-state index in [0.29, 0.717) is 25.1 Å². The van der Waals surface area contributed by atoms with Gasteiger partial charge in [-0.1, -0.05) is 20.8 Å². The number of hydrogen-bond donors (Lipinski definition) is 5. The van der Waals surface area contributed by atoms with E-state index < -0.39 is 29.4 Å². The van der Waals surface area contributed by atoms with Gasteiger partial charge in [0.25, 0.3) is 5.56 Å². The lowest BCUT2D eigenvalue weighted by Gasteiger charge is -2.46. The number of carbonyl (C=O) groups excluding carboxylic acids is 2. The van der Waals surface area contributed by atoms with Crippen molar-refractivity contribution in [2.75, 3.05) is 11.9 Å². The minimum atomic E-state index is -0.780. The minimum absolute atomic E-state index is 0.0575. The van der Waals surface area contributed by atoms with Crippen molar-refractivity contribution in [3.8, 4) is 0 Å². The number of H-pyrrole nitrogens is 1. The van der Waals surface area contributed by atoms with Crippen LogP contribution in [0.25, 0.3) is 0 Å². The number of anilines is 1. The highest BCUT2D eigenvalue weighted by atomic mass is 16.6. The molecule has 1 aliphatic rings. The normalized spacial score (nSPS) is 23.3. The summed E-state index contributed by atoms with van der Waals surface area (Å²) in [7, 11) is 0. The summed E-state index contributed by atoms with van der Waals surface area (Å²) in [6.07, 6.45) is 1.55. The Morgan fingerprint density at radius 1 is 1.33 bits per heavy atom. The fraction of sp³-hybridized carbons (Fsp3) is 0.739. The largest absolute Gasteiger partial charge is 0.443 e. The van der Waals surface area contributed by atoms with Gasteiger partial charge in [0.2, 0.25) is 5.95 Å². The maximum Gasteiger partial charge on any atom is 0.407 e. The highest BCUT2D eigenvalue weighted by Crippen LogP contribution is 2.45. The molecule has 3 unspecified atom stereocenters. The third kappa shape index (κ3) is 9.03. The maximum absolute atomic E-state index is 12.5. The van der Waals surface area contributed by atoms with E-state index in [4.69, 9.17) is 4.74 Å². The molecule has 186 valence electrons. The van der Waals surface area contributed by atoms with E-state index in [1.807, 2.05) is 0 Å². The number of aromatic amines is 1. The number of aromatic nitrogens is 2. The lowest BCUT2D eigenvalue weighted by molar-refractivity contribution is -0.000433. The number of urea groups is 1. The number of alkyl carbamates (subject to hydrolysis) is 1. The van der Waals surface area contributed by atoms with Gasteiger partial charge in [0.05, 0.1) is 6.10 Å². The predicted octanol–water partition coefficient (Wildman–Crippen LogP) is 3.06. The number of amides is 3. The summed E-state index contributed by atoms with van der Waals surface area (Å²) in [5.41, 5.74) is -0.923. The molecule has 5 N–H and O–H groups in total. The lowest BCUT2D eigenvalue weighted by atomic mass is 9.62. The van der Waals surface area contributed by atoms with E-state index in [-0.39, 0.29) is 22.8 Å². The smallest absolute Gasteiger partial charge is 0.407 e. The average molecular weight is 466 g/mol. The SMILES string of the molecule is Cc1cc(=O)nc(NC(=O)NC2CC(C)(C)CC(C)(CNC(=O)OC(C)(C)CC(C)O)C2)[nH]1. The van der Waals surface area contributed by atoms with Crippen LogP contribution in [0, 0.1) is 17.8 Å². The Kier molecular flexibility index (Phi) is 8.16. The zero-order chi connectivity index (χ0) is 25.0. The Bertz CT molecular complexity index is 911. The molecular weight excluding hydrogens is 426 g/mol. The van der Waals surface area contributed by atoms with Crippen LogP contribution in [0.5, 0.6) is 0 Å². The van der Waals surface area contributed by atoms with Gasteiger partial charge in [-0.25, -0.2) is 9.59 Å². The molecule has 1 heterocycles. The summed E-state index contributed by atoms with van der Waals surface area (Å²) >= 11 is 0. The Labute approximate surface area is 195 Å². The summed E-state index contributed by atoms with van der Waals surface area (Å²) in [6, 6.07) is 0.780. The van der Waals surface area contributed by atoms with Gasteiger partial charge in [0.15, 0.2) is 0 Å². The van der Waals surface area contributed by atoms with Gasteiger partial charge in [0, 0.05) is 30.8 Å². The van der Waals surface area contributed by atoms with E-state index in [2.05, 4.69) is 46.7 Å². The molecule has 33 heavy (non-hydrogen) atoms. The third-order valence-corrected chi connectivity index (χ3v) is 5.70. The van der Waals surface area contributed by atoms with Gasteiger partial charge in [-0.3, -0.25) is 10.1 Å². The number of carbonyl (C=O) groups is 2. The molecule has 3 amide bonds. The molecule has 0 aromatic carbocycles. The number of aryl methyl sites for hydroxylation is 1. The Morgan fingerprint density at radius 2 is 2.00 bits per heavy atom. The van der Waals surface area contributed by atoms with Crippen molar-refractivity contribution in [1.29, 1.82) is 0 Å². The van der Waals surface area contributed by atoms with E-state index in [1.165, 1.54) is 6.07 Å². The van der Waals surface area contributed by atoms with Gasteiger partial charge in [-0.15, -0.1) is 0 Å². The molecule has 1 fully saturated rings. The van der Waals surface area contributed by atoms with E-state index >= 15 is 0 Å². The second-order valence-corrected chi connectivity index (χ2v) is 11.2. The van der Waals surface area contributed by atoms with E-state index in [0.717, 1.165) is 12.8 Å². The van der Waals surface area contributed by atoms with Gasteiger partial charge >= 0.3 is 12.1 Å². The number of nitrogens with zero attached hydrogens (tertiary/aromatic N) is 1. The molecule has 0 aliphatic heterocycles. The van der Waals surface area contributed by atoms with Crippen molar-refractivity contribution >= 4 is 18.1 Å². The predicted molar refractivity (Wildman–Crippen MR) is 126 cm³/mol. The number of aliphatic hydroxyl groups excluding tert-OH is 1. The quantitative estimate of drug-likeness (QED) is 0.418. The number of rotatable bonds is 7. The van der Waals surface area contributed by atoms with Crippen LogP contribution in [0.4, 0.5) is 15.5 Å². The molecule has 3 atom stereocenters. The first-order valence-corrected chi connectivity index (χ1v) is 11.4. The zero-order valence-corrected chi connectivity index (χ0v) is 20.8. The third-order valence-electron chi connectivity index (χ3n) is 5.70. The summed E-state index contributed by atoms with van der Waals surface area (Å²) in [5.74, 6) is 0.0968. The number of aliphatic hydroxyl groups is 1. The van der Waals surface area contributed by atoms with Crippen LogP contribution in [-0.2, 0) is 4.74 Å². The monoisotopic (exact) mass is 465 g/mol. The van der Waals surface area contributed by atoms with Crippen LogP contribution in [-0.4, -0.2) is 51.5 Å². The molecule has 2 rings (SSSR count).